The van der Waals surface area contributed by atoms with Gasteiger partial charge >= 0.3 is 0 Å². The smallest absolute Gasteiger partial charge is 0.243 e. The van der Waals surface area contributed by atoms with E-state index in [1.54, 1.807) is 6.08 Å². The molecule has 3 heteroatoms. The van der Waals surface area contributed by atoms with Crippen LogP contribution in [-0.4, -0.2) is 38.0 Å². The summed E-state index contributed by atoms with van der Waals surface area (Å²) in [6, 6.07) is 0. The summed E-state index contributed by atoms with van der Waals surface area (Å²) in [4.78, 5) is 13.6. The lowest BCUT2D eigenvalue weighted by atomic mass is 9.83. The van der Waals surface area contributed by atoms with Crippen molar-refractivity contribution in [2.45, 2.75) is 40.0 Å². The number of nitrogens with one attached hydrogen (secondary N) is 1. The fourth-order valence-corrected chi connectivity index (χ4v) is 1.72. The number of rotatable bonds is 8. The van der Waals surface area contributed by atoms with E-state index in [1.165, 1.54) is 0 Å². The van der Waals surface area contributed by atoms with E-state index >= 15 is 0 Å². The third kappa shape index (κ3) is 7.97. The molecule has 0 aromatic heterocycles. The largest absolute Gasteiger partial charge is 0.352 e. The van der Waals surface area contributed by atoms with E-state index < -0.39 is 0 Å². The third-order valence-corrected chi connectivity index (χ3v) is 3.14. The number of carbonyl (C=O) groups is 1. The number of hydrogen-bond acceptors (Lipinski definition) is 2. The number of nitrogens with zero attached hydrogens (tertiary/aromatic N) is 1. The van der Waals surface area contributed by atoms with Crippen LogP contribution in [0, 0.1) is 5.41 Å². The molecule has 0 radical (unpaired) electrons. The minimum absolute atomic E-state index is 0.0163. The van der Waals surface area contributed by atoms with Gasteiger partial charge < -0.3 is 10.2 Å². The zero-order valence-electron chi connectivity index (χ0n) is 12.0. The molecule has 0 rings (SSSR count). The summed E-state index contributed by atoms with van der Waals surface area (Å²) in [5.41, 5.74) is 0.236. The molecule has 0 aliphatic rings. The van der Waals surface area contributed by atoms with Crippen molar-refractivity contribution in [3.63, 3.8) is 0 Å². The molecule has 0 saturated heterocycles. The Hall–Kier alpha value is -0.830. The minimum Gasteiger partial charge on any atom is -0.352 e. The molecule has 0 aliphatic carbocycles. The van der Waals surface area contributed by atoms with Crippen LogP contribution in [0.3, 0.4) is 0 Å². The van der Waals surface area contributed by atoms with Gasteiger partial charge in [-0.15, -0.1) is 0 Å². The second-order valence-corrected chi connectivity index (χ2v) is 5.30. The monoisotopic (exact) mass is 240 g/mol. The number of hydrogen-bond donors (Lipinski definition) is 1. The van der Waals surface area contributed by atoms with Crippen LogP contribution in [0.5, 0.6) is 0 Å². The normalized spacial score (nSPS) is 15.2. The van der Waals surface area contributed by atoms with Crippen molar-refractivity contribution >= 4 is 5.91 Å². The molecule has 1 unspecified atom stereocenters. The van der Waals surface area contributed by atoms with Crippen LogP contribution in [0.4, 0.5) is 0 Å². The van der Waals surface area contributed by atoms with Gasteiger partial charge in [0.25, 0.3) is 0 Å². The first-order valence-corrected chi connectivity index (χ1v) is 6.52. The molecule has 1 atom stereocenters. The highest BCUT2D eigenvalue weighted by Gasteiger charge is 2.20. The van der Waals surface area contributed by atoms with E-state index in [0.29, 0.717) is 0 Å². The number of carbonyl (C=O) groups excluding carboxylic acids is 1. The summed E-state index contributed by atoms with van der Waals surface area (Å²) < 4.78 is 0. The average Bonchev–Trinajstić information content (AvgIpc) is 2.26. The van der Waals surface area contributed by atoms with Crippen molar-refractivity contribution < 1.29 is 4.79 Å². The van der Waals surface area contributed by atoms with Gasteiger partial charge in [0, 0.05) is 19.2 Å². The molecule has 0 bridgehead atoms. The SMILES string of the molecule is CCCC(C)(CC)CNC(=O)/C=C/CN(C)C. The van der Waals surface area contributed by atoms with E-state index in [9.17, 15) is 4.79 Å². The van der Waals surface area contributed by atoms with E-state index in [-0.39, 0.29) is 11.3 Å². The van der Waals surface area contributed by atoms with Gasteiger partial charge in [0.2, 0.25) is 5.91 Å². The molecule has 3 nitrogen and oxygen atoms in total. The fraction of sp³-hybridized carbons (Fsp3) is 0.786. The molecule has 0 fully saturated rings. The second-order valence-electron chi connectivity index (χ2n) is 5.30. The van der Waals surface area contributed by atoms with Crippen molar-refractivity contribution in [2.75, 3.05) is 27.2 Å². The van der Waals surface area contributed by atoms with E-state index in [0.717, 1.165) is 32.4 Å². The van der Waals surface area contributed by atoms with Gasteiger partial charge in [0.1, 0.15) is 0 Å². The topological polar surface area (TPSA) is 32.3 Å². The highest BCUT2D eigenvalue weighted by molar-refractivity contribution is 5.87. The summed E-state index contributed by atoms with van der Waals surface area (Å²) in [6.07, 6.45) is 6.94. The van der Waals surface area contributed by atoms with Crippen LogP contribution in [0.15, 0.2) is 12.2 Å². The van der Waals surface area contributed by atoms with Crippen LogP contribution in [0.25, 0.3) is 0 Å². The fourth-order valence-electron chi connectivity index (χ4n) is 1.72. The molecule has 1 N–H and O–H groups in total. The van der Waals surface area contributed by atoms with Gasteiger partial charge in [0.15, 0.2) is 0 Å². The molecule has 0 aromatic carbocycles. The standard InChI is InChI=1S/C14H28N2O/c1-6-10-14(3,7-2)12-15-13(17)9-8-11-16(4)5/h8-9H,6-7,10-12H2,1-5H3,(H,15,17)/b9-8+. The summed E-state index contributed by atoms with van der Waals surface area (Å²) in [6.45, 7) is 8.17. The summed E-state index contributed by atoms with van der Waals surface area (Å²) >= 11 is 0. The van der Waals surface area contributed by atoms with Crippen LogP contribution in [-0.2, 0) is 4.79 Å². The van der Waals surface area contributed by atoms with E-state index in [4.69, 9.17) is 0 Å². The first kappa shape index (κ1) is 16.2. The predicted octanol–water partition coefficient (Wildman–Crippen LogP) is 2.44. The zero-order chi connectivity index (χ0) is 13.3. The van der Waals surface area contributed by atoms with Crippen molar-refractivity contribution in [2.24, 2.45) is 5.41 Å². The summed E-state index contributed by atoms with van der Waals surface area (Å²) in [7, 11) is 3.97. The van der Waals surface area contributed by atoms with E-state index in [2.05, 4.69) is 26.1 Å². The first-order chi connectivity index (χ1) is 7.93. The maximum absolute atomic E-state index is 11.6. The second kappa shape index (κ2) is 8.29. The Morgan fingerprint density at radius 1 is 1.35 bits per heavy atom. The Balaban J connectivity index is 4.01. The molecular formula is C14H28N2O. The van der Waals surface area contributed by atoms with Gasteiger partial charge in [-0.2, -0.15) is 0 Å². The van der Waals surface area contributed by atoms with Crippen LogP contribution >= 0.6 is 0 Å². The Morgan fingerprint density at radius 3 is 2.47 bits per heavy atom. The molecule has 100 valence electrons. The highest BCUT2D eigenvalue weighted by atomic mass is 16.1. The Labute approximate surface area is 106 Å². The summed E-state index contributed by atoms with van der Waals surface area (Å²) in [5, 5.41) is 2.99. The van der Waals surface area contributed by atoms with Gasteiger partial charge in [-0.1, -0.05) is 33.3 Å². The van der Waals surface area contributed by atoms with Crippen molar-refractivity contribution in [1.82, 2.24) is 10.2 Å². The molecule has 0 spiro atoms. The molecule has 0 saturated carbocycles. The van der Waals surface area contributed by atoms with Crippen molar-refractivity contribution in [3.05, 3.63) is 12.2 Å². The Kier molecular flexibility index (Phi) is 7.88. The first-order valence-electron chi connectivity index (χ1n) is 6.52. The predicted molar refractivity (Wildman–Crippen MR) is 74.0 cm³/mol. The lowest BCUT2D eigenvalue weighted by Crippen LogP contribution is -2.34. The van der Waals surface area contributed by atoms with Crippen molar-refractivity contribution in [3.8, 4) is 0 Å². The average molecular weight is 240 g/mol. The van der Waals surface area contributed by atoms with Crippen molar-refractivity contribution in [1.29, 1.82) is 0 Å². The van der Waals surface area contributed by atoms with Crippen LogP contribution in [0.1, 0.15) is 40.0 Å². The zero-order valence-corrected chi connectivity index (χ0v) is 12.0. The molecule has 0 heterocycles. The van der Waals surface area contributed by atoms with Crippen LogP contribution in [0.2, 0.25) is 0 Å². The molecule has 17 heavy (non-hydrogen) atoms. The molecular weight excluding hydrogens is 212 g/mol. The lowest BCUT2D eigenvalue weighted by Gasteiger charge is -2.27. The molecule has 0 aliphatic heterocycles. The quantitative estimate of drug-likeness (QED) is 0.661. The minimum atomic E-state index is 0.0163. The van der Waals surface area contributed by atoms with Gasteiger partial charge in [-0.05, 0) is 32.4 Å². The summed E-state index contributed by atoms with van der Waals surface area (Å²) in [5.74, 6) is 0.0163. The van der Waals surface area contributed by atoms with Gasteiger partial charge in [-0.25, -0.2) is 0 Å². The highest BCUT2D eigenvalue weighted by Crippen LogP contribution is 2.25. The molecule has 0 aromatic rings. The van der Waals surface area contributed by atoms with E-state index in [1.807, 2.05) is 25.1 Å². The number of amides is 1. The maximum atomic E-state index is 11.6. The Morgan fingerprint density at radius 2 is 2.00 bits per heavy atom. The molecule has 1 amide bonds. The van der Waals surface area contributed by atoms with Crippen LogP contribution < -0.4 is 5.32 Å². The van der Waals surface area contributed by atoms with Gasteiger partial charge in [0.05, 0.1) is 0 Å². The maximum Gasteiger partial charge on any atom is 0.243 e. The number of likely N-dealkylation sites (N-methyl/N-ethyl adjacent to an activating group) is 1. The third-order valence-electron chi connectivity index (χ3n) is 3.14. The Bertz CT molecular complexity index is 249. The van der Waals surface area contributed by atoms with Gasteiger partial charge in [-0.3, -0.25) is 4.79 Å². The lowest BCUT2D eigenvalue weighted by molar-refractivity contribution is -0.117.